The number of anilines is 1. The lowest BCUT2D eigenvalue weighted by atomic mass is 10.2. The monoisotopic (exact) mass is 320 g/mol. The van der Waals surface area contributed by atoms with Crippen LogP contribution in [0, 0.1) is 0 Å². The topological polar surface area (TPSA) is 59.6 Å². The van der Waals surface area contributed by atoms with Crippen LogP contribution in [0.3, 0.4) is 0 Å². The molecule has 2 aromatic carbocycles. The minimum atomic E-state index is -0.332. The molecule has 0 aliphatic carbocycles. The third-order valence-corrected chi connectivity index (χ3v) is 3.27. The molecule has 0 aromatic heterocycles. The number of rotatable bonds is 5. The van der Waals surface area contributed by atoms with Gasteiger partial charge in [-0.05, 0) is 29.8 Å². The zero-order valence-electron chi connectivity index (χ0n) is 12.4. The minimum Gasteiger partial charge on any atom is -0.497 e. The molecule has 0 aliphatic rings. The molecular formula is C16H17ClN2O3. The molecule has 0 saturated heterocycles. The Balaban J connectivity index is 1.98. The molecule has 6 heteroatoms. The summed E-state index contributed by atoms with van der Waals surface area (Å²) in [5.41, 5.74) is 1.49. The summed E-state index contributed by atoms with van der Waals surface area (Å²) in [5.74, 6) is 1.19. The van der Waals surface area contributed by atoms with Gasteiger partial charge in [0.2, 0.25) is 0 Å². The molecule has 0 fully saturated rings. The second-order valence-electron chi connectivity index (χ2n) is 4.50. The normalized spacial score (nSPS) is 9.95. The van der Waals surface area contributed by atoms with Crippen molar-refractivity contribution in [2.24, 2.45) is 0 Å². The molecule has 2 rings (SSSR count). The van der Waals surface area contributed by atoms with E-state index in [1.807, 2.05) is 12.1 Å². The van der Waals surface area contributed by atoms with Gasteiger partial charge in [0.15, 0.2) is 0 Å². The smallest absolute Gasteiger partial charge is 0.319 e. The third-order valence-electron chi connectivity index (χ3n) is 3.02. The van der Waals surface area contributed by atoms with Crippen molar-refractivity contribution in [3.05, 3.63) is 53.1 Å². The van der Waals surface area contributed by atoms with Crippen LogP contribution in [0.5, 0.6) is 11.5 Å². The molecule has 0 aliphatic heterocycles. The average Bonchev–Trinajstić information content (AvgIpc) is 2.54. The van der Waals surface area contributed by atoms with Crippen molar-refractivity contribution >= 4 is 23.3 Å². The Morgan fingerprint density at radius 1 is 1.09 bits per heavy atom. The van der Waals surface area contributed by atoms with Gasteiger partial charge in [-0.25, -0.2) is 4.79 Å². The molecule has 0 radical (unpaired) electrons. The number of ether oxygens (including phenoxy) is 2. The lowest BCUT2D eigenvalue weighted by Gasteiger charge is -2.12. The predicted octanol–water partition coefficient (Wildman–Crippen LogP) is 3.68. The molecule has 0 unspecified atom stereocenters. The summed E-state index contributed by atoms with van der Waals surface area (Å²) < 4.78 is 10.3. The zero-order valence-corrected chi connectivity index (χ0v) is 13.1. The fraction of sp³-hybridized carbons (Fsp3) is 0.188. The molecule has 2 amide bonds. The molecule has 22 heavy (non-hydrogen) atoms. The maximum absolute atomic E-state index is 12.0. The van der Waals surface area contributed by atoms with Gasteiger partial charge in [-0.1, -0.05) is 23.7 Å². The Kier molecular flexibility index (Phi) is 5.49. The van der Waals surface area contributed by atoms with E-state index in [0.29, 0.717) is 28.8 Å². The molecule has 116 valence electrons. The first kappa shape index (κ1) is 16.0. The number of amides is 2. The Hall–Kier alpha value is -2.40. The predicted molar refractivity (Wildman–Crippen MR) is 86.9 cm³/mol. The molecule has 0 atom stereocenters. The highest BCUT2D eigenvalue weighted by atomic mass is 35.5. The van der Waals surface area contributed by atoms with Gasteiger partial charge < -0.3 is 20.1 Å². The number of halogens is 1. The highest BCUT2D eigenvalue weighted by Crippen LogP contribution is 2.28. The van der Waals surface area contributed by atoms with Gasteiger partial charge in [0, 0.05) is 17.6 Å². The van der Waals surface area contributed by atoms with Crippen molar-refractivity contribution in [1.29, 1.82) is 0 Å². The van der Waals surface area contributed by atoms with Crippen LogP contribution < -0.4 is 20.1 Å². The van der Waals surface area contributed by atoms with Crippen LogP contribution in [0.4, 0.5) is 10.5 Å². The van der Waals surface area contributed by atoms with Gasteiger partial charge >= 0.3 is 6.03 Å². The number of urea groups is 1. The molecule has 0 heterocycles. The zero-order chi connectivity index (χ0) is 15.9. The minimum absolute atomic E-state index is 0.332. The number of carbonyl (C=O) groups excluding carboxylic acids is 1. The second kappa shape index (κ2) is 7.56. The summed E-state index contributed by atoms with van der Waals surface area (Å²) in [5, 5.41) is 6.16. The third kappa shape index (κ3) is 4.30. The van der Waals surface area contributed by atoms with Gasteiger partial charge in [0.1, 0.15) is 11.5 Å². The van der Waals surface area contributed by atoms with Crippen molar-refractivity contribution in [3.63, 3.8) is 0 Å². The van der Waals surface area contributed by atoms with Gasteiger partial charge in [0.25, 0.3) is 0 Å². The van der Waals surface area contributed by atoms with E-state index in [4.69, 9.17) is 21.1 Å². The SMILES string of the molecule is COc1ccc(OC)c(NC(=O)NCc2ccc(Cl)cc2)c1. The highest BCUT2D eigenvalue weighted by Gasteiger charge is 2.08. The number of methoxy groups -OCH3 is 2. The van der Waals surface area contributed by atoms with E-state index in [2.05, 4.69) is 10.6 Å². The van der Waals surface area contributed by atoms with Crippen molar-refractivity contribution in [1.82, 2.24) is 5.32 Å². The van der Waals surface area contributed by atoms with Gasteiger partial charge in [0.05, 0.1) is 19.9 Å². The summed E-state index contributed by atoms with van der Waals surface area (Å²) in [6.45, 7) is 0.398. The summed E-state index contributed by atoms with van der Waals surface area (Å²) in [7, 11) is 3.10. The second-order valence-corrected chi connectivity index (χ2v) is 4.94. The van der Waals surface area contributed by atoms with Crippen LogP contribution in [-0.2, 0) is 6.54 Å². The molecule has 0 spiro atoms. The number of nitrogens with one attached hydrogen (secondary N) is 2. The number of carbonyl (C=O) groups is 1. The first-order valence-electron chi connectivity index (χ1n) is 6.63. The summed E-state index contributed by atoms with van der Waals surface area (Å²) in [6, 6.07) is 12.1. The lowest BCUT2D eigenvalue weighted by molar-refractivity contribution is 0.251. The van der Waals surface area contributed by atoms with E-state index in [9.17, 15) is 4.79 Å². The number of hydrogen-bond acceptors (Lipinski definition) is 3. The summed E-state index contributed by atoms with van der Waals surface area (Å²) in [6.07, 6.45) is 0. The van der Waals surface area contributed by atoms with E-state index in [-0.39, 0.29) is 6.03 Å². The van der Waals surface area contributed by atoms with Crippen LogP contribution in [0.2, 0.25) is 5.02 Å². The average molecular weight is 321 g/mol. The van der Waals surface area contributed by atoms with Crippen LogP contribution >= 0.6 is 11.6 Å². The van der Waals surface area contributed by atoms with E-state index in [0.717, 1.165) is 5.56 Å². The Morgan fingerprint density at radius 2 is 1.82 bits per heavy atom. The number of benzene rings is 2. The molecule has 0 saturated carbocycles. The van der Waals surface area contributed by atoms with Crippen molar-refractivity contribution in [2.45, 2.75) is 6.54 Å². The van der Waals surface area contributed by atoms with E-state index < -0.39 is 0 Å². The van der Waals surface area contributed by atoms with E-state index in [1.165, 1.54) is 0 Å². The molecular weight excluding hydrogens is 304 g/mol. The fourth-order valence-corrected chi connectivity index (χ4v) is 1.99. The van der Waals surface area contributed by atoms with Gasteiger partial charge in [-0.15, -0.1) is 0 Å². The van der Waals surface area contributed by atoms with Crippen molar-refractivity contribution < 1.29 is 14.3 Å². The van der Waals surface area contributed by atoms with Gasteiger partial charge in [-0.2, -0.15) is 0 Å². The van der Waals surface area contributed by atoms with Crippen LogP contribution in [-0.4, -0.2) is 20.3 Å². The Bertz CT molecular complexity index is 644. The summed E-state index contributed by atoms with van der Waals surface area (Å²) in [4.78, 5) is 12.0. The fourth-order valence-electron chi connectivity index (χ4n) is 1.86. The van der Waals surface area contributed by atoms with Crippen LogP contribution in [0.1, 0.15) is 5.56 Å². The Morgan fingerprint density at radius 3 is 2.45 bits per heavy atom. The lowest BCUT2D eigenvalue weighted by Crippen LogP contribution is -2.28. The first-order valence-corrected chi connectivity index (χ1v) is 7.01. The maximum Gasteiger partial charge on any atom is 0.319 e. The van der Waals surface area contributed by atoms with E-state index >= 15 is 0 Å². The van der Waals surface area contributed by atoms with Crippen molar-refractivity contribution in [3.8, 4) is 11.5 Å². The van der Waals surface area contributed by atoms with Crippen LogP contribution in [0.15, 0.2) is 42.5 Å². The molecule has 2 N–H and O–H groups in total. The van der Waals surface area contributed by atoms with Crippen molar-refractivity contribution in [2.75, 3.05) is 19.5 Å². The molecule has 2 aromatic rings. The highest BCUT2D eigenvalue weighted by molar-refractivity contribution is 6.30. The maximum atomic E-state index is 12.0. The standard InChI is InChI=1S/C16H17ClN2O3/c1-21-13-7-8-15(22-2)14(9-13)19-16(20)18-10-11-3-5-12(17)6-4-11/h3-9H,10H2,1-2H3,(H2,18,19,20). The summed E-state index contributed by atoms with van der Waals surface area (Å²) >= 11 is 5.82. The quantitative estimate of drug-likeness (QED) is 0.883. The Labute approximate surface area is 134 Å². The molecule has 0 bridgehead atoms. The largest absolute Gasteiger partial charge is 0.497 e. The number of hydrogen-bond donors (Lipinski definition) is 2. The molecule has 5 nitrogen and oxygen atoms in total. The van der Waals surface area contributed by atoms with E-state index in [1.54, 1.807) is 44.6 Å². The van der Waals surface area contributed by atoms with Gasteiger partial charge in [-0.3, -0.25) is 0 Å². The first-order chi connectivity index (χ1) is 10.6. The van der Waals surface area contributed by atoms with Crippen LogP contribution in [0.25, 0.3) is 0 Å².